The second-order valence-corrected chi connectivity index (χ2v) is 6.70. The number of rotatable bonds is 5. The van der Waals surface area contributed by atoms with E-state index in [9.17, 15) is 4.79 Å². The first-order chi connectivity index (χ1) is 11.2. The topological polar surface area (TPSA) is 47.6 Å². The van der Waals surface area contributed by atoms with Crippen molar-refractivity contribution >= 4 is 17.2 Å². The molecule has 0 saturated carbocycles. The van der Waals surface area contributed by atoms with Gasteiger partial charge < -0.3 is 14.8 Å². The highest BCUT2D eigenvalue weighted by molar-refractivity contribution is 7.10. The van der Waals surface area contributed by atoms with Crippen molar-refractivity contribution in [3.63, 3.8) is 0 Å². The van der Waals surface area contributed by atoms with Crippen LogP contribution in [0.5, 0.6) is 5.75 Å². The standard InChI is InChI=1S/C18H21NO3S/c1-21-15-6-3-2-5-14(15)17(20)19-13-18(8-10-22-11-9-18)16-7-4-12-23-16/h2-7,12H,8-11,13H2,1H3,(H,19,20). The van der Waals surface area contributed by atoms with Crippen molar-refractivity contribution in [3.05, 3.63) is 52.2 Å². The lowest BCUT2D eigenvalue weighted by atomic mass is 9.78. The zero-order valence-electron chi connectivity index (χ0n) is 13.2. The van der Waals surface area contributed by atoms with Crippen LogP contribution in [0.1, 0.15) is 28.1 Å². The molecule has 1 aliphatic rings. The number of ether oxygens (including phenoxy) is 2. The van der Waals surface area contributed by atoms with Crippen molar-refractivity contribution in [1.29, 1.82) is 0 Å². The minimum absolute atomic E-state index is 0.0237. The van der Waals surface area contributed by atoms with Gasteiger partial charge in [-0.2, -0.15) is 0 Å². The van der Waals surface area contributed by atoms with Gasteiger partial charge in [0.25, 0.3) is 5.91 Å². The molecule has 0 spiro atoms. The summed E-state index contributed by atoms with van der Waals surface area (Å²) in [7, 11) is 1.58. The van der Waals surface area contributed by atoms with Crippen molar-refractivity contribution in [1.82, 2.24) is 5.32 Å². The van der Waals surface area contributed by atoms with E-state index in [1.165, 1.54) is 4.88 Å². The second kappa shape index (κ2) is 7.15. The average Bonchev–Trinajstić information content (AvgIpc) is 3.16. The molecule has 23 heavy (non-hydrogen) atoms. The Morgan fingerprint density at radius 2 is 2.04 bits per heavy atom. The van der Waals surface area contributed by atoms with Gasteiger partial charge in [0.2, 0.25) is 0 Å². The molecule has 1 amide bonds. The molecule has 2 heterocycles. The van der Waals surface area contributed by atoms with Crippen LogP contribution in [0.25, 0.3) is 0 Å². The fourth-order valence-corrected chi connectivity index (χ4v) is 4.02. The van der Waals surface area contributed by atoms with Gasteiger partial charge in [0, 0.05) is 30.1 Å². The molecular formula is C18H21NO3S. The first-order valence-electron chi connectivity index (χ1n) is 7.78. The van der Waals surface area contributed by atoms with Gasteiger partial charge in [-0.25, -0.2) is 0 Å². The fourth-order valence-electron chi connectivity index (χ4n) is 3.03. The molecule has 2 aromatic rings. The lowest BCUT2D eigenvalue weighted by Crippen LogP contribution is -2.44. The van der Waals surface area contributed by atoms with Gasteiger partial charge >= 0.3 is 0 Å². The van der Waals surface area contributed by atoms with Crippen LogP contribution < -0.4 is 10.1 Å². The summed E-state index contributed by atoms with van der Waals surface area (Å²) < 4.78 is 10.8. The van der Waals surface area contributed by atoms with Crippen LogP contribution in [-0.4, -0.2) is 32.8 Å². The second-order valence-electron chi connectivity index (χ2n) is 5.75. The van der Waals surface area contributed by atoms with E-state index < -0.39 is 0 Å². The van der Waals surface area contributed by atoms with Crippen LogP contribution in [0.3, 0.4) is 0 Å². The molecule has 122 valence electrons. The van der Waals surface area contributed by atoms with Gasteiger partial charge in [-0.15, -0.1) is 11.3 Å². The third kappa shape index (κ3) is 3.41. The molecule has 0 radical (unpaired) electrons. The van der Waals surface area contributed by atoms with Crippen LogP contribution in [0.2, 0.25) is 0 Å². The minimum atomic E-state index is -0.0927. The molecule has 0 aliphatic carbocycles. The smallest absolute Gasteiger partial charge is 0.255 e. The van der Waals surface area contributed by atoms with Crippen molar-refractivity contribution in [2.75, 3.05) is 26.9 Å². The van der Waals surface area contributed by atoms with Gasteiger partial charge in [-0.05, 0) is 36.4 Å². The Labute approximate surface area is 140 Å². The van der Waals surface area contributed by atoms with E-state index in [0.29, 0.717) is 17.9 Å². The normalized spacial score (nSPS) is 16.7. The molecule has 4 nitrogen and oxygen atoms in total. The molecule has 0 bridgehead atoms. The first-order valence-corrected chi connectivity index (χ1v) is 8.66. The van der Waals surface area contributed by atoms with E-state index in [1.807, 2.05) is 12.1 Å². The van der Waals surface area contributed by atoms with Gasteiger partial charge in [0.05, 0.1) is 12.7 Å². The number of benzene rings is 1. The monoisotopic (exact) mass is 331 g/mol. The Hall–Kier alpha value is -1.85. The summed E-state index contributed by atoms with van der Waals surface area (Å²) >= 11 is 1.75. The number of hydrogen-bond donors (Lipinski definition) is 1. The van der Waals surface area contributed by atoms with Crippen LogP contribution in [0.4, 0.5) is 0 Å². The Balaban J connectivity index is 1.75. The number of nitrogens with one attached hydrogen (secondary N) is 1. The number of methoxy groups -OCH3 is 1. The predicted octanol–water partition coefficient (Wildman–Crippen LogP) is 3.23. The van der Waals surface area contributed by atoms with E-state index in [2.05, 4.69) is 22.8 Å². The van der Waals surface area contributed by atoms with Gasteiger partial charge in [0.15, 0.2) is 0 Å². The van der Waals surface area contributed by atoms with E-state index in [0.717, 1.165) is 26.1 Å². The summed E-state index contributed by atoms with van der Waals surface area (Å²) in [6.07, 6.45) is 1.86. The lowest BCUT2D eigenvalue weighted by molar-refractivity contribution is 0.0498. The molecule has 1 N–H and O–H groups in total. The van der Waals surface area contributed by atoms with E-state index in [4.69, 9.17) is 9.47 Å². The highest BCUT2D eigenvalue weighted by Gasteiger charge is 2.35. The van der Waals surface area contributed by atoms with Gasteiger partial charge in [-0.1, -0.05) is 18.2 Å². The number of carbonyl (C=O) groups is 1. The quantitative estimate of drug-likeness (QED) is 0.915. The van der Waals surface area contributed by atoms with E-state index in [1.54, 1.807) is 30.6 Å². The fraction of sp³-hybridized carbons (Fsp3) is 0.389. The highest BCUT2D eigenvalue weighted by atomic mass is 32.1. The maximum atomic E-state index is 12.6. The number of thiophene rings is 1. The lowest BCUT2D eigenvalue weighted by Gasteiger charge is -2.36. The first kappa shape index (κ1) is 16.0. The van der Waals surface area contributed by atoms with Crippen molar-refractivity contribution in [2.24, 2.45) is 0 Å². The van der Waals surface area contributed by atoms with E-state index >= 15 is 0 Å². The van der Waals surface area contributed by atoms with Crippen LogP contribution >= 0.6 is 11.3 Å². The molecule has 1 aromatic heterocycles. The van der Waals surface area contributed by atoms with Crippen LogP contribution in [-0.2, 0) is 10.2 Å². The molecule has 1 aliphatic heterocycles. The largest absolute Gasteiger partial charge is 0.496 e. The average molecular weight is 331 g/mol. The number of carbonyl (C=O) groups excluding carboxylic acids is 1. The van der Waals surface area contributed by atoms with E-state index in [-0.39, 0.29) is 11.3 Å². The maximum absolute atomic E-state index is 12.6. The summed E-state index contributed by atoms with van der Waals surface area (Å²) in [6, 6.07) is 11.5. The number of para-hydroxylation sites is 1. The minimum Gasteiger partial charge on any atom is -0.496 e. The molecule has 5 heteroatoms. The van der Waals surface area contributed by atoms with Crippen LogP contribution in [0.15, 0.2) is 41.8 Å². The highest BCUT2D eigenvalue weighted by Crippen LogP contribution is 2.37. The molecule has 1 fully saturated rings. The van der Waals surface area contributed by atoms with Crippen molar-refractivity contribution in [3.8, 4) is 5.75 Å². The molecule has 1 aromatic carbocycles. The Kier molecular flexibility index (Phi) is 4.98. The van der Waals surface area contributed by atoms with Crippen molar-refractivity contribution in [2.45, 2.75) is 18.3 Å². The summed E-state index contributed by atoms with van der Waals surface area (Å²) in [4.78, 5) is 13.9. The summed E-state index contributed by atoms with van der Waals surface area (Å²) in [6.45, 7) is 2.10. The summed E-state index contributed by atoms with van der Waals surface area (Å²) in [5, 5.41) is 5.20. The SMILES string of the molecule is COc1ccccc1C(=O)NCC1(c2cccs2)CCOCC1. The third-order valence-electron chi connectivity index (χ3n) is 4.43. The third-order valence-corrected chi connectivity index (χ3v) is 5.55. The Morgan fingerprint density at radius 3 is 2.74 bits per heavy atom. The summed E-state index contributed by atoms with van der Waals surface area (Å²) in [5.41, 5.74) is 0.549. The molecule has 1 saturated heterocycles. The van der Waals surface area contributed by atoms with Gasteiger partial charge in [-0.3, -0.25) is 4.79 Å². The predicted molar refractivity (Wildman–Crippen MR) is 91.4 cm³/mol. The Morgan fingerprint density at radius 1 is 1.26 bits per heavy atom. The zero-order chi connectivity index (χ0) is 16.1. The number of amides is 1. The molecule has 0 atom stereocenters. The van der Waals surface area contributed by atoms with Crippen molar-refractivity contribution < 1.29 is 14.3 Å². The zero-order valence-corrected chi connectivity index (χ0v) is 14.0. The summed E-state index contributed by atoms with van der Waals surface area (Å²) in [5.74, 6) is 0.507. The van der Waals surface area contributed by atoms with Crippen LogP contribution in [0, 0.1) is 0 Å². The molecule has 0 unspecified atom stereocenters. The Bertz CT molecular complexity index is 648. The number of hydrogen-bond acceptors (Lipinski definition) is 4. The molecular weight excluding hydrogens is 310 g/mol. The molecule has 3 rings (SSSR count). The maximum Gasteiger partial charge on any atom is 0.255 e. The van der Waals surface area contributed by atoms with Gasteiger partial charge in [0.1, 0.15) is 5.75 Å².